The van der Waals surface area contributed by atoms with E-state index >= 15 is 0 Å². The van der Waals surface area contributed by atoms with Crippen LogP contribution >= 0.6 is 0 Å². The van der Waals surface area contributed by atoms with Crippen molar-refractivity contribution in [2.24, 2.45) is 0 Å². The van der Waals surface area contributed by atoms with Crippen molar-refractivity contribution in [2.45, 2.75) is 6.42 Å². The summed E-state index contributed by atoms with van der Waals surface area (Å²) in [5.41, 5.74) is 0.624. The van der Waals surface area contributed by atoms with E-state index in [4.69, 9.17) is 18.9 Å². The summed E-state index contributed by atoms with van der Waals surface area (Å²) in [5.74, 6) is -0.852. The van der Waals surface area contributed by atoms with Crippen molar-refractivity contribution in [1.29, 1.82) is 0 Å². The summed E-state index contributed by atoms with van der Waals surface area (Å²) in [7, 11) is 6.80. The van der Waals surface area contributed by atoms with Crippen LogP contribution in [0.4, 0.5) is 0 Å². The number of rotatable bonds is 8. The topological polar surface area (TPSA) is 107 Å². The number of hydrogen-bond donors (Lipinski definition) is 0. The average Bonchev–Trinajstić information content (AvgIpc) is 2.76. The summed E-state index contributed by atoms with van der Waals surface area (Å²) in [6.45, 7) is 0. The van der Waals surface area contributed by atoms with E-state index in [2.05, 4.69) is 9.47 Å². The summed E-state index contributed by atoms with van der Waals surface area (Å²) < 4.78 is 30.4. The quantitative estimate of drug-likeness (QED) is 0.472. The normalized spacial score (nSPS) is 10.0. The molecular formula is C21H22O9. The molecule has 9 nitrogen and oxygen atoms in total. The Hall–Kier alpha value is -3.75. The molecule has 0 aliphatic heterocycles. The van der Waals surface area contributed by atoms with E-state index in [1.54, 1.807) is 12.1 Å². The Labute approximate surface area is 173 Å². The Morgan fingerprint density at radius 3 is 1.60 bits per heavy atom. The Kier molecular flexibility index (Phi) is 7.62. The zero-order valence-corrected chi connectivity index (χ0v) is 17.3. The maximum atomic E-state index is 12.5. The monoisotopic (exact) mass is 418 g/mol. The van der Waals surface area contributed by atoms with E-state index in [0.29, 0.717) is 22.8 Å². The molecule has 0 bridgehead atoms. The number of carbonyl (C=O) groups is 3. The molecule has 0 atom stereocenters. The molecule has 0 saturated heterocycles. The summed E-state index contributed by atoms with van der Waals surface area (Å²) in [5, 5.41) is 0. The highest BCUT2D eigenvalue weighted by atomic mass is 16.5. The van der Waals surface area contributed by atoms with E-state index in [0.717, 1.165) is 0 Å². The van der Waals surface area contributed by atoms with Gasteiger partial charge in [0.15, 0.2) is 11.5 Å². The number of hydrogen-bond acceptors (Lipinski definition) is 9. The highest BCUT2D eigenvalue weighted by Crippen LogP contribution is 2.38. The lowest BCUT2D eigenvalue weighted by Crippen LogP contribution is -2.13. The van der Waals surface area contributed by atoms with Crippen LogP contribution in [0.2, 0.25) is 0 Å². The third-order valence-electron chi connectivity index (χ3n) is 4.05. The maximum Gasteiger partial charge on any atom is 0.338 e. The summed E-state index contributed by atoms with van der Waals surface area (Å²) in [6, 6.07) is 7.12. The van der Waals surface area contributed by atoms with Crippen LogP contribution in [0.5, 0.6) is 23.0 Å². The standard InChI is InChI=1S/C21H22O9/c1-25-16-6-12(7-17(26-2)19(16)27-3)8-18(22)30-15-10-13(20(23)28-4)9-14(11-15)21(24)29-5/h6-7,9-11H,8H2,1-5H3. The second-order valence-electron chi connectivity index (χ2n) is 5.91. The van der Waals surface area contributed by atoms with E-state index < -0.39 is 17.9 Å². The van der Waals surface area contributed by atoms with Gasteiger partial charge in [-0.15, -0.1) is 0 Å². The summed E-state index contributed by atoms with van der Waals surface area (Å²) in [6.07, 6.45) is -0.132. The van der Waals surface area contributed by atoms with Crippen molar-refractivity contribution in [3.8, 4) is 23.0 Å². The van der Waals surface area contributed by atoms with Gasteiger partial charge < -0.3 is 28.4 Å². The summed E-state index contributed by atoms with van der Waals surface area (Å²) >= 11 is 0. The molecule has 0 aromatic heterocycles. The number of carbonyl (C=O) groups excluding carboxylic acids is 3. The SMILES string of the molecule is COC(=O)c1cc(OC(=O)Cc2cc(OC)c(OC)c(OC)c2)cc(C(=O)OC)c1. The second kappa shape index (κ2) is 10.1. The van der Waals surface area contributed by atoms with E-state index in [-0.39, 0.29) is 23.3 Å². The van der Waals surface area contributed by atoms with Gasteiger partial charge in [-0.25, -0.2) is 9.59 Å². The molecule has 0 fully saturated rings. The predicted octanol–water partition coefficient (Wildman–Crippen LogP) is 2.43. The van der Waals surface area contributed by atoms with E-state index in [9.17, 15) is 14.4 Å². The van der Waals surface area contributed by atoms with Crippen LogP contribution in [-0.4, -0.2) is 53.5 Å². The number of esters is 3. The highest BCUT2D eigenvalue weighted by Gasteiger charge is 2.18. The minimum Gasteiger partial charge on any atom is -0.493 e. The molecule has 0 spiro atoms. The molecule has 2 aromatic carbocycles. The van der Waals surface area contributed by atoms with Gasteiger partial charge in [0.2, 0.25) is 5.75 Å². The van der Waals surface area contributed by atoms with Crippen molar-refractivity contribution in [3.63, 3.8) is 0 Å². The molecule has 0 aliphatic rings. The van der Waals surface area contributed by atoms with Gasteiger partial charge in [0.05, 0.1) is 53.1 Å². The van der Waals surface area contributed by atoms with Crippen LogP contribution in [-0.2, 0) is 20.7 Å². The molecule has 0 aliphatic carbocycles. The van der Waals surface area contributed by atoms with Gasteiger partial charge in [-0.05, 0) is 35.9 Å². The first-order valence-electron chi connectivity index (χ1n) is 8.68. The van der Waals surface area contributed by atoms with Crippen molar-refractivity contribution in [2.75, 3.05) is 35.5 Å². The van der Waals surface area contributed by atoms with Gasteiger partial charge >= 0.3 is 17.9 Å². The Balaban J connectivity index is 2.29. The number of ether oxygens (including phenoxy) is 6. The van der Waals surface area contributed by atoms with Gasteiger partial charge in [-0.3, -0.25) is 4.79 Å². The fourth-order valence-electron chi connectivity index (χ4n) is 2.70. The Morgan fingerprint density at radius 2 is 1.20 bits per heavy atom. The largest absolute Gasteiger partial charge is 0.493 e. The zero-order chi connectivity index (χ0) is 22.3. The van der Waals surface area contributed by atoms with Crippen molar-refractivity contribution in [1.82, 2.24) is 0 Å². The first kappa shape index (κ1) is 22.5. The van der Waals surface area contributed by atoms with Gasteiger partial charge in [0.25, 0.3) is 0 Å². The molecule has 2 aromatic rings. The molecule has 0 amide bonds. The molecular weight excluding hydrogens is 396 g/mol. The highest BCUT2D eigenvalue weighted by molar-refractivity contribution is 5.96. The predicted molar refractivity (Wildman–Crippen MR) is 105 cm³/mol. The van der Waals surface area contributed by atoms with Gasteiger partial charge in [0, 0.05) is 0 Å². The van der Waals surface area contributed by atoms with Crippen LogP contribution in [0.15, 0.2) is 30.3 Å². The van der Waals surface area contributed by atoms with Crippen molar-refractivity contribution < 1.29 is 42.8 Å². The first-order chi connectivity index (χ1) is 14.4. The van der Waals surface area contributed by atoms with Crippen LogP contribution in [0.1, 0.15) is 26.3 Å². The van der Waals surface area contributed by atoms with Crippen LogP contribution in [0, 0.1) is 0 Å². The lowest BCUT2D eigenvalue weighted by molar-refractivity contribution is -0.133. The van der Waals surface area contributed by atoms with Crippen LogP contribution in [0.25, 0.3) is 0 Å². The molecule has 0 N–H and O–H groups in total. The molecule has 30 heavy (non-hydrogen) atoms. The smallest absolute Gasteiger partial charge is 0.338 e. The molecule has 160 valence electrons. The molecule has 0 unspecified atom stereocenters. The molecule has 0 radical (unpaired) electrons. The number of benzene rings is 2. The third-order valence-corrected chi connectivity index (χ3v) is 4.05. The lowest BCUT2D eigenvalue weighted by atomic mass is 10.1. The molecule has 0 heterocycles. The zero-order valence-electron chi connectivity index (χ0n) is 17.3. The molecule has 9 heteroatoms. The van der Waals surface area contributed by atoms with Crippen LogP contribution in [0.3, 0.4) is 0 Å². The average molecular weight is 418 g/mol. The Bertz CT molecular complexity index is 890. The fourth-order valence-corrected chi connectivity index (χ4v) is 2.70. The minimum atomic E-state index is -0.692. The summed E-state index contributed by atoms with van der Waals surface area (Å²) in [4.78, 5) is 36.2. The molecule has 0 saturated carbocycles. The first-order valence-corrected chi connectivity index (χ1v) is 8.68. The Morgan fingerprint density at radius 1 is 0.700 bits per heavy atom. The maximum absolute atomic E-state index is 12.5. The third kappa shape index (κ3) is 5.19. The fraction of sp³-hybridized carbons (Fsp3) is 0.286. The minimum absolute atomic E-state index is 0.00394. The van der Waals surface area contributed by atoms with E-state index in [1.807, 2.05) is 0 Å². The van der Waals surface area contributed by atoms with Gasteiger partial charge in [-0.1, -0.05) is 0 Å². The van der Waals surface area contributed by atoms with Crippen molar-refractivity contribution in [3.05, 3.63) is 47.0 Å². The van der Waals surface area contributed by atoms with Gasteiger partial charge in [-0.2, -0.15) is 0 Å². The van der Waals surface area contributed by atoms with Crippen LogP contribution < -0.4 is 18.9 Å². The van der Waals surface area contributed by atoms with Crippen molar-refractivity contribution >= 4 is 17.9 Å². The second-order valence-corrected chi connectivity index (χ2v) is 5.91. The van der Waals surface area contributed by atoms with Gasteiger partial charge in [0.1, 0.15) is 5.75 Å². The van der Waals surface area contributed by atoms with E-state index in [1.165, 1.54) is 53.7 Å². The lowest BCUT2D eigenvalue weighted by Gasteiger charge is -2.14. The number of methoxy groups -OCH3 is 5. The molecule has 2 rings (SSSR count).